The van der Waals surface area contributed by atoms with E-state index in [2.05, 4.69) is 5.32 Å². The van der Waals surface area contributed by atoms with Crippen molar-refractivity contribution in [2.45, 2.75) is 0 Å². The van der Waals surface area contributed by atoms with Crippen LogP contribution in [-0.4, -0.2) is 16.1 Å². The summed E-state index contributed by atoms with van der Waals surface area (Å²) in [5.74, 6) is -1.91. The molecule has 0 saturated heterocycles. The molecule has 19 heavy (non-hydrogen) atoms. The molecule has 2 aromatic carbocycles. The first-order chi connectivity index (χ1) is 8.97. The molecular weight excluding hydrogens is 273 g/mol. The summed E-state index contributed by atoms with van der Waals surface area (Å²) in [6, 6.07) is 7.23. The van der Waals surface area contributed by atoms with Crippen molar-refractivity contribution in [2.24, 2.45) is 0 Å². The summed E-state index contributed by atoms with van der Waals surface area (Å²) in [4.78, 5) is 11.8. The van der Waals surface area contributed by atoms with Crippen molar-refractivity contribution in [3.05, 3.63) is 52.8 Å². The lowest BCUT2D eigenvalue weighted by molar-refractivity contribution is 0.102. The molecule has 0 aliphatic heterocycles. The Morgan fingerprint density at radius 2 is 1.84 bits per heavy atom. The third-order valence-corrected chi connectivity index (χ3v) is 2.73. The fraction of sp³-hybridized carbons (Fsp3) is 0. The lowest BCUT2D eigenvalue weighted by Gasteiger charge is -2.07. The quantitative estimate of drug-likeness (QED) is 0.792. The number of benzene rings is 2. The van der Waals surface area contributed by atoms with E-state index in [9.17, 15) is 19.4 Å². The van der Waals surface area contributed by atoms with Crippen molar-refractivity contribution in [1.82, 2.24) is 0 Å². The Morgan fingerprint density at radius 1 is 1.11 bits per heavy atom. The fourth-order valence-corrected chi connectivity index (χ4v) is 1.60. The van der Waals surface area contributed by atoms with E-state index < -0.39 is 17.5 Å². The van der Waals surface area contributed by atoms with Crippen molar-refractivity contribution in [2.75, 3.05) is 5.32 Å². The number of phenols is 2. The average Bonchev–Trinajstić information content (AvgIpc) is 2.33. The van der Waals surface area contributed by atoms with Gasteiger partial charge in [0.1, 0.15) is 17.3 Å². The Balaban J connectivity index is 2.23. The van der Waals surface area contributed by atoms with Gasteiger partial charge in [0.15, 0.2) is 0 Å². The van der Waals surface area contributed by atoms with E-state index in [1.165, 1.54) is 18.2 Å². The Hall–Kier alpha value is -2.27. The highest BCUT2D eigenvalue weighted by atomic mass is 35.5. The summed E-state index contributed by atoms with van der Waals surface area (Å²) in [6.07, 6.45) is 0. The molecule has 0 spiro atoms. The maximum atomic E-state index is 12.8. The van der Waals surface area contributed by atoms with Gasteiger partial charge in [0.25, 0.3) is 5.91 Å². The Labute approximate surface area is 113 Å². The third-order valence-electron chi connectivity index (χ3n) is 2.41. The molecule has 0 bridgehead atoms. The number of amides is 1. The third kappa shape index (κ3) is 2.95. The van der Waals surface area contributed by atoms with Crippen LogP contribution in [0.25, 0.3) is 0 Å². The fourth-order valence-electron chi connectivity index (χ4n) is 1.49. The molecule has 0 fully saturated rings. The molecule has 6 heteroatoms. The van der Waals surface area contributed by atoms with Crippen molar-refractivity contribution in [3.8, 4) is 11.5 Å². The van der Waals surface area contributed by atoms with Gasteiger partial charge in [0, 0.05) is 17.8 Å². The molecule has 0 saturated carbocycles. The molecule has 98 valence electrons. The van der Waals surface area contributed by atoms with Gasteiger partial charge in [0.2, 0.25) is 0 Å². The van der Waals surface area contributed by atoms with Crippen LogP contribution in [0.2, 0.25) is 5.02 Å². The van der Waals surface area contributed by atoms with Gasteiger partial charge in [-0.25, -0.2) is 4.39 Å². The van der Waals surface area contributed by atoms with Crippen LogP contribution < -0.4 is 5.32 Å². The molecule has 0 heterocycles. The second-order valence-corrected chi connectivity index (χ2v) is 4.19. The maximum absolute atomic E-state index is 12.8. The van der Waals surface area contributed by atoms with Crippen LogP contribution in [0.15, 0.2) is 36.4 Å². The standard InChI is InChI=1S/C13H9ClFNO3/c14-10-4-2-8(6-12(10)18)16-13(19)9-3-1-7(15)5-11(9)17/h1-6,17-18H,(H,16,19). The van der Waals surface area contributed by atoms with Gasteiger partial charge in [-0.3, -0.25) is 4.79 Å². The monoisotopic (exact) mass is 281 g/mol. The van der Waals surface area contributed by atoms with Crippen LogP contribution in [0.1, 0.15) is 10.4 Å². The number of hydrogen-bond donors (Lipinski definition) is 3. The first-order valence-electron chi connectivity index (χ1n) is 5.26. The molecule has 2 rings (SSSR count). The lowest BCUT2D eigenvalue weighted by Crippen LogP contribution is -2.12. The normalized spacial score (nSPS) is 10.2. The van der Waals surface area contributed by atoms with E-state index in [0.717, 1.165) is 18.2 Å². The number of anilines is 1. The van der Waals surface area contributed by atoms with Crippen LogP contribution in [0, 0.1) is 5.82 Å². The molecule has 3 N–H and O–H groups in total. The van der Waals surface area contributed by atoms with E-state index in [0.29, 0.717) is 5.69 Å². The predicted octanol–water partition coefficient (Wildman–Crippen LogP) is 3.14. The number of phenolic OH excluding ortho intramolecular Hbond substituents is 2. The van der Waals surface area contributed by atoms with E-state index >= 15 is 0 Å². The van der Waals surface area contributed by atoms with E-state index in [1.54, 1.807) is 0 Å². The summed E-state index contributed by atoms with van der Waals surface area (Å²) in [5, 5.41) is 21.5. The Morgan fingerprint density at radius 3 is 2.47 bits per heavy atom. The van der Waals surface area contributed by atoms with E-state index in [1.807, 2.05) is 0 Å². The second kappa shape index (κ2) is 5.16. The molecule has 0 atom stereocenters. The van der Waals surface area contributed by atoms with Crippen molar-refractivity contribution < 1.29 is 19.4 Å². The number of carbonyl (C=O) groups excluding carboxylic acids is 1. The smallest absolute Gasteiger partial charge is 0.259 e. The number of halogens is 2. The highest BCUT2D eigenvalue weighted by Crippen LogP contribution is 2.27. The van der Waals surface area contributed by atoms with Gasteiger partial charge in [-0.15, -0.1) is 0 Å². The SMILES string of the molecule is O=C(Nc1ccc(Cl)c(O)c1)c1ccc(F)cc1O. The molecule has 2 aromatic rings. The molecule has 1 amide bonds. The zero-order chi connectivity index (χ0) is 14.0. The topological polar surface area (TPSA) is 69.6 Å². The minimum atomic E-state index is -0.641. The molecule has 0 aliphatic rings. The molecular formula is C13H9ClFNO3. The van der Waals surface area contributed by atoms with E-state index in [4.69, 9.17) is 11.6 Å². The summed E-state index contributed by atoms with van der Waals surface area (Å²) in [5.41, 5.74) is 0.228. The highest BCUT2D eigenvalue weighted by molar-refractivity contribution is 6.32. The van der Waals surface area contributed by atoms with Gasteiger partial charge in [-0.05, 0) is 24.3 Å². The summed E-state index contributed by atoms with van der Waals surface area (Å²) in [6.45, 7) is 0. The highest BCUT2D eigenvalue weighted by Gasteiger charge is 2.12. The number of carbonyl (C=O) groups is 1. The summed E-state index contributed by atoms with van der Waals surface area (Å²) >= 11 is 5.63. The van der Waals surface area contributed by atoms with Crippen molar-refractivity contribution in [3.63, 3.8) is 0 Å². The maximum Gasteiger partial charge on any atom is 0.259 e. The largest absolute Gasteiger partial charge is 0.507 e. The zero-order valence-electron chi connectivity index (χ0n) is 9.52. The average molecular weight is 282 g/mol. The van der Waals surface area contributed by atoms with Crippen LogP contribution in [0.5, 0.6) is 11.5 Å². The zero-order valence-corrected chi connectivity index (χ0v) is 10.3. The Kier molecular flexibility index (Phi) is 3.57. The van der Waals surface area contributed by atoms with Crippen LogP contribution in [0.4, 0.5) is 10.1 Å². The minimum absolute atomic E-state index is 0.0733. The summed E-state index contributed by atoms with van der Waals surface area (Å²) in [7, 11) is 0. The number of rotatable bonds is 2. The molecule has 0 aliphatic carbocycles. The first kappa shape index (κ1) is 13.2. The molecule has 0 radical (unpaired) electrons. The number of nitrogens with one attached hydrogen (secondary N) is 1. The predicted molar refractivity (Wildman–Crippen MR) is 69.1 cm³/mol. The van der Waals surface area contributed by atoms with Crippen molar-refractivity contribution in [1.29, 1.82) is 0 Å². The second-order valence-electron chi connectivity index (χ2n) is 3.78. The van der Waals surface area contributed by atoms with Crippen LogP contribution in [0.3, 0.4) is 0 Å². The van der Waals surface area contributed by atoms with Gasteiger partial charge in [0.05, 0.1) is 10.6 Å². The first-order valence-corrected chi connectivity index (χ1v) is 5.63. The van der Waals surface area contributed by atoms with Crippen LogP contribution in [-0.2, 0) is 0 Å². The van der Waals surface area contributed by atoms with Gasteiger partial charge in [-0.1, -0.05) is 11.6 Å². The Bertz CT molecular complexity index is 646. The minimum Gasteiger partial charge on any atom is -0.507 e. The molecule has 0 unspecified atom stereocenters. The number of hydrogen-bond acceptors (Lipinski definition) is 3. The number of aromatic hydroxyl groups is 2. The van der Waals surface area contributed by atoms with Crippen molar-refractivity contribution >= 4 is 23.2 Å². The molecule has 4 nitrogen and oxygen atoms in total. The van der Waals surface area contributed by atoms with Gasteiger partial charge >= 0.3 is 0 Å². The summed E-state index contributed by atoms with van der Waals surface area (Å²) < 4.78 is 12.8. The van der Waals surface area contributed by atoms with Gasteiger partial charge < -0.3 is 15.5 Å². The van der Waals surface area contributed by atoms with E-state index in [-0.39, 0.29) is 16.3 Å². The molecule has 0 aromatic heterocycles. The lowest BCUT2D eigenvalue weighted by atomic mass is 10.1. The van der Waals surface area contributed by atoms with Crippen LogP contribution >= 0.6 is 11.6 Å². The van der Waals surface area contributed by atoms with Gasteiger partial charge in [-0.2, -0.15) is 0 Å².